The highest BCUT2D eigenvalue weighted by atomic mass is 32.2. The van der Waals surface area contributed by atoms with Crippen LogP contribution in [0.3, 0.4) is 0 Å². The van der Waals surface area contributed by atoms with E-state index < -0.39 is 11.2 Å². The lowest BCUT2D eigenvalue weighted by molar-refractivity contribution is 0.594. The average Bonchev–Trinajstić information content (AvgIpc) is 2.05. The maximum absolute atomic E-state index is 11.3. The normalized spacial score (nSPS) is 15.9. The fourth-order valence-electron chi connectivity index (χ4n) is 0.686. The summed E-state index contributed by atoms with van der Waals surface area (Å²) < 4.78 is 11.2. The van der Waals surface area contributed by atoms with Crippen LogP contribution in [0.2, 0.25) is 0 Å². The molecule has 0 amide bonds. The third-order valence-electron chi connectivity index (χ3n) is 1.21. The van der Waals surface area contributed by atoms with Gasteiger partial charge in [-0.1, -0.05) is 12.1 Å². The molecule has 0 N–H and O–H groups in total. The third kappa shape index (κ3) is 2.43. The lowest BCUT2D eigenvalue weighted by atomic mass is 10.4. The van der Waals surface area contributed by atoms with Crippen LogP contribution in [-0.2, 0) is 11.2 Å². The second kappa shape index (κ2) is 4.04. The molecule has 1 nitrogen and oxygen atoms in total. The molecule has 11 heavy (non-hydrogen) atoms. The van der Waals surface area contributed by atoms with Gasteiger partial charge in [-0.05, 0) is 30.2 Å². The van der Waals surface area contributed by atoms with E-state index in [1.165, 1.54) is 0 Å². The molecule has 0 aliphatic heterocycles. The molecule has 0 aliphatic carbocycles. The monoisotopic (exact) mass is 185 g/mol. The minimum atomic E-state index is -1.03. The molecule has 1 aromatic carbocycles. The number of benzene rings is 1. The minimum Gasteiger partial charge on any atom is -0.611 e. The Balaban J connectivity index is 2.77. The fraction of sp³-hybridized carbons (Fsp3) is 0.250. The van der Waals surface area contributed by atoms with Crippen LogP contribution < -0.4 is 0 Å². The molecule has 0 spiro atoms. The van der Waals surface area contributed by atoms with Gasteiger partial charge in [-0.2, -0.15) is 0 Å². The van der Waals surface area contributed by atoms with Crippen LogP contribution in [0.5, 0.6) is 0 Å². The molecule has 2 atom stereocenters. The van der Waals surface area contributed by atoms with Crippen LogP contribution in [0.25, 0.3) is 0 Å². The van der Waals surface area contributed by atoms with Crippen molar-refractivity contribution in [3.05, 3.63) is 30.3 Å². The van der Waals surface area contributed by atoms with Gasteiger partial charge in [0, 0.05) is 6.07 Å². The van der Waals surface area contributed by atoms with E-state index >= 15 is 0 Å². The SMILES string of the molecule is CC(S)[S+]([O-])c1[c]cccc1. The summed E-state index contributed by atoms with van der Waals surface area (Å²) in [7, 11) is 0. The summed E-state index contributed by atoms with van der Waals surface area (Å²) in [4.78, 5) is 0.718. The van der Waals surface area contributed by atoms with Gasteiger partial charge in [-0.25, -0.2) is 0 Å². The standard InChI is InChI=1S/C8H9OS2/c1-7(10)11(9)8-5-3-2-4-6-8/h2-5,7,10H,1H3. The third-order valence-corrected chi connectivity index (χ3v) is 3.09. The van der Waals surface area contributed by atoms with Gasteiger partial charge in [-0.3, -0.25) is 0 Å². The Hall–Kier alpha value is -0.120. The Morgan fingerprint density at radius 1 is 1.64 bits per heavy atom. The highest BCUT2D eigenvalue weighted by molar-refractivity contribution is 8.04. The Labute approximate surface area is 75.4 Å². The smallest absolute Gasteiger partial charge is 0.161 e. The number of thiol groups is 1. The zero-order chi connectivity index (χ0) is 8.27. The highest BCUT2D eigenvalue weighted by Crippen LogP contribution is 2.16. The van der Waals surface area contributed by atoms with Gasteiger partial charge in [0.2, 0.25) is 0 Å². The molecule has 1 radical (unpaired) electrons. The fourth-order valence-corrected chi connectivity index (χ4v) is 1.79. The van der Waals surface area contributed by atoms with Gasteiger partial charge in [0.15, 0.2) is 9.48 Å². The molecule has 0 fully saturated rings. The Morgan fingerprint density at radius 3 is 2.82 bits per heavy atom. The van der Waals surface area contributed by atoms with Gasteiger partial charge in [0.1, 0.15) is 0 Å². The van der Waals surface area contributed by atoms with E-state index in [1.54, 1.807) is 19.1 Å². The van der Waals surface area contributed by atoms with Crippen LogP contribution in [-0.4, -0.2) is 9.13 Å². The molecule has 3 heteroatoms. The highest BCUT2D eigenvalue weighted by Gasteiger charge is 2.14. The van der Waals surface area contributed by atoms with Gasteiger partial charge in [0.25, 0.3) is 0 Å². The second-order valence-electron chi connectivity index (χ2n) is 2.12. The zero-order valence-corrected chi connectivity index (χ0v) is 7.86. The van der Waals surface area contributed by atoms with Gasteiger partial charge < -0.3 is 4.55 Å². The summed E-state index contributed by atoms with van der Waals surface area (Å²) in [5.41, 5.74) is 0. The molecule has 0 aliphatic rings. The van der Waals surface area contributed by atoms with E-state index in [1.807, 2.05) is 12.1 Å². The van der Waals surface area contributed by atoms with Crippen molar-refractivity contribution in [3.63, 3.8) is 0 Å². The van der Waals surface area contributed by atoms with Crippen molar-refractivity contribution in [3.8, 4) is 0 Å². The summed E-state index contributed by atoms with van der Waals surface area (Å²) in [6.45, 7) is 1.81. The first-order valence-electron chi connectivity index (χ1n) is 3.27. The predicted molar refractivity (Wildman–Crippen MR) is 50.1 cm³/mol. The number of rotatable bonds is 2. The molecule has 0 aromatic heterocycles. The summed E-state index contributed by atoms with van der Waals surface area (Å²) in [5.74, 6) is 0. The molecule has 1 rings (SSSR count). The largest absolute Gasteiger partial charge is 0.611 e. The van der Waals surface area contributed by atoms with Crippen molar-refractivity contribution >= 4 is 23.8 Å². The van der Waals surface area contributed by atoms with Crippen LogP contribution >= 0.6 is 12.6 Å². The van der Waals surface area contributed by atoms with Crippen molar-refractivity contribution in [2.75, 3.05) is 0 Å². The molecule has 0 saturated carbocycles. The van der Waals surface area contributed by atoms with Crippen molar-refractivity contribution in [2.45, 2.75) is 16.4 Å². The lowest BCUT2D eigenvalue weighted by Crippen LogP contribution is -2.11. The first-order chi connectivity index (χ1) is 5.22. The zero-order valence-electron chi connectivity index (χ0n) is 6.15. The van der Waals surface area contributed by atoms with Crippen molar-refractivity contribution in [1.82, 2.24) is 0 Å². The maximum Gasteiger partial charge on any atom is 0.161 e. The quantitative estimate of drug-likeness (QED) is 0.551. The molecule has 59 valence electrons. The van der Waals surface area contributed by atoms with Crippen molar-refractivity contribution in [2.24, 2.45) is 0 Å². The molecule has 2 unspecified atom stereocenters. The molecular weight excluding hydrogens is 176 g/mol. The van der Waals surface area contributed by atoms with Gasteiger partial charge in [0.05, 0.1) is 0 Å². The van der Waals surface area contributed by atoms with E-state index in [-0.39, 0.29) is 4.58 Å². The Bertz CT molecular complexity index is 211. The van der Waals surface area contributed by atoms with E-state index in [0.717, 1.165) is 4.90 Å². The predicted octanol–water partition coefficient (Wildman–Crippen LogP) is 1.87. The summed E-state index contributed by atoms with van der Waals surface area (Å²) in [6, 6.07) is 10.1. The van der Waals surface area contributed by atoms with Crippen LogP contribution in [0.15, 0.2) is 29.2 Å². The number of hydrogen-bond acceptors (Lipinski definition) is 2. The molecule has 1 aromatic rings. The first kappa shape index (κ1) is 8.97. The first-order valence-corrected chi connectivity index (χ1v) is 5.00. The van der Waals surface area contributed by atoms with Gasteiger partial charge >= 0.3 is 0 Å². The Morgan fingerprint density at radius 2 is 2.36 bits per heavy atom. The Kier molecular flexibility index (Phi) is 3.30. The summed E-state index contributed by atoms with van der Waals surface area (Å²) in [6.07, 6.45) is 0. The van der Waals surface area contributed by atoms with Gasteiger partial charge in [-0.15, -0.1) is 12.6 Å². The molecular formula is C8H9OS2. The van der Waals surface area contributed by atoms with E-state index in [9.17, 15) is 4.55 Å². The second-order valence-corrected chi connectivity index (χ2v) is 4.99. The minimum absolute atomic E-state index is 0.131. The lowest BCUT2D eigenvalue weighted by Gasteiger charge is -2.11. The van der Waals surface area contributed by atoms with Crippen molar-refractivity contribution < 1.29 is 4.55 Å². The summed E-state index contributed by atoms with van der Waals surface area (Å²) >= 11 is 3.06. The topological polar surface area (TPSA) is 23.1 Å². The van der Waals surface area contributed by atoms with Crippen LogP contribution in [0, 0.1) is 6.07 Å². The van der Waals surface area contributed by atoms with E-state index in [0.29, 0.717) is 0 Å². The van der Waals surface area contributed by atoms with Crippen LogP contribution in [0.4, 0.5) is 0 Å². The molecule has 0 saturated heterocycles. The summed E-state index contributed by atoms with van der Waals surface area (Å²) in [5, 5.41) is 0. The average molecular weight is 185 g/mol. The molecule has 0 heterocycles. The van der Waals surface area contributed by atoms with E-state index in [4.69, 9.17) is 0 Å². The van der Waals surface area contributed by atoms with Crippen LogP contribution in [0.1, 0.15) is 6.92 Å². The van der Waals surface area contributed by atoms with E-state index in [2.05, 4.69) is 18.7 Å². The number of hydrogen-bond donors (Lipinski definition) is 1. The molecule has 0 bridgehead atoms. The maximum atomic E-state index is 11.3. The van der Waals surface area contributed by atoms with Crippen molar-refractivity contribution in [1.29, 1.82) is 0 Å².